The average Bonchev–Trinajstić information content (AvgIpc) is 2.80. The second-order valence-electron chi connectivity index (χ2n) is 5.05. The summed E-state index contributed by atoms with van der Waals surface area (Å²) < 4.78 is 26.5. The number of alkyl halides is 1. The molecule has 2 aromatic rings. The maximum Gasteiger partial charge on any atom is 0.228 e. The van der Waals surface area contributed by atoms with Gasteiger partial charge in [-0.2, -0.15) is 0 Å². The van der Waals surface area contributed by atoms with E-state index in [1.807, 2.05) is 12.1 Å². The number of rotatable bonds is 3. The zero-order valence-electron chi connectivity index (χ0n) is 11.0. The van der Waals surface area contributed by atoms with Crippen LogP contribution in [-0.4, -0.2) is 5.91 Å². The lowest BCUT2D eigenvalue weighted by Gasteiger charge is -2.12. The third kappa shape index (κ3) is 2.90. The van der Waals surface area contributed by atoms with Crippen LogP contribution in [0, 0.1) is 11.6 Å². The van der Waals surface area contributed by atoms with Crippen LogP contribution in [0.3, 0.4) is 0 Å². The smallest absolute Gasteiger partial charge is 0.228 e. The van der Waals surface area contributed by atoms with E-state index < -0.39 is 17.0 Å². The summed E-state index contributed by atoms with van der Waals surface area (Å²) in [5.74, 6) is -1.25. The minimum atomic E-state index is -0.607. The van der Waals surface area contributed by atoms with Gasteiger partial charge in [0.25, 0.3) is 0 Å². The van der Waals surface area contributed by atoms with E-state index in [4.69, 9.17) is 11.6 Å². The van der Waals surface area contributed by atoms with Gasteiger partial charge in [-0.1, -0.05) is 18.2 Å². The number of amides is 1. The molecule has 108 valence electrons. The molecule has 0 aliphatic carbocycles. The van der Waals surface area contributed by atoms with Crippen molar-refractivity contribution < 1.29 is 13.6 Å². The van der Waals surface area contributed by atoms with Gasteiger partial charge in [0.15, 0.2) is 0 Å². The van der Waals surface area contributed by atoms with Crippen LogP contribution in [0.25, 0.3) is 0 Å². The number of anilines is 1. The first kappa shape index (κ1) is 14.0. The zero-order valence-corrected chi connectivity index (χ0v) is 11.8. The minimum absolute atomic E-state index is 0.0437. The van der Waals surface area contributed by atoms with Gasteiger partial charge < -0.3 is 5.32 Å². The van der Waals surface area contributed by atoms with E-state index in [0.717, 1.165) is 22.9 Å². The molecule has 1 aliphatic rings. The highest BCUT2D eigenvalue weighted by Gasteiger charge is 2.20. The Morgan fingerprint density at radius 3 is 2.76 bits per heavy atom. The fraction of sp³-hybridized carbons (Fsp3) is 0.188. The van der Waals surface area contributed by atoms with Crippen molar-refractivity contribution in [1.82, 2.24) is 0 Å². The number of hydrogen-bond acceptors (Lipinski definition) is 1. The van der Waals surface area contributed by atoms with E-state index >= 15 is 0 Å². The van der Waals surface area contributed by atoms with Gasteiger partial charge in [-0.25, -0.2) is 8.78 Å². The van der Waals surface area contributed by atoms with Gasteiger partial charge in [-0.05, 0) is 35.2 Å². The molecule has 1 atom stereocenters. The Balaban J connectivity index is 1.81. The molecule has 0 aromatic heterocycles. The maximum atomic E-state index is 13.6. The van der Waals surface area contributed by atoms with Crippen LogP contribution in [0.15, 0.2) is 36.4 Å². The number of fused-ring (bicyclic) bond motifs is 1. The van der Waals surface area contributed by atoms with E-state index in [2.05, 4.69) is 5.32 Å². The Hall–Kier alpha value is -1.94. The molecular formula is C16H12ClF2NO. The molecule has 1 amide bonds. The summed E-state index contributed by atoms with van der Waals surface area (Å²) in [6.07, 6.45) is 0.589. The predicted molar refractivity (Wildman–Crippen MR) is 77.4 cm³/mol. The lowest BCUT2D eigenvalue weighted by Crippen LogP contribution is -2.03. The minimum Gasteiger partial charge on any atom is -0.326 e. The van der Waals surface area contributed by atoms with Gasteiger partial charge in [0.2, 0.25) is 5.91 Å². The first-order chi connectivity index (χ1) is 10.0. The topological polar surface area (TPSA) is 29.1 Å². The molecule has 1 heterocycles. The number of benzene rings is 2. The Morgan fingerprint density at radius 1 is 1.19 bits per heavy atom. The third-order valence-electron chi connectivity index (χ3n) is 3.53. The molecule has 2 aromatic carbocycles. The summed E-state index contributed by atoms with van der Waals surface area (Å²) in [6.45, 7) is 0. The summed E-state index contributed by atoms with van der Waals surface area (Å²) in [5, 5.41) is 2.31. The molecule has 0 saturated carbocycles. The SMILES string of the molecule is O=C1Cc2cc(C(Cl)Cc3ccc(F)cc3F)ccc2N1. The molecule has 0 bridgehead atoms. The van der Waals surface area contributed by atoms with Gasteiger partial charge in [0, 0.05) is 11.8 Å². The van der Waals surface area contributed by atoms with Crippen molar-refractivity contribution >= 4 is 23.2 Å². The molecule has 5 heteroatoms. The standard InChI is InChI=1S/C16H12ClF2NO/c17-13(6-10-1-3-12(18)8-14(10)19)9-2-4-15-11(5-9)7-16(21)20-15/h1-5,8,13H,6-7H2,(H,20,21). The lowest BCUT2D eigenvalue weighted by molar-refractivity contribution is -0.115. The van der Waals surface area contributed by atoms with Gasteiger partial charge in [0.1, 0.15) is 11.6 Å². The number of carbonyl (C=O) groups is 1. The third-order valence-corrected chi connectivity index (χ3v) is 3.94. The van der Waals surface area contributed by atoms with E-state index in [9.17, 15) is 13.6 Å². The molecule has 2 nitrogen and oxygen atoms in total. The van der Waals surface area contributed by atoms with Crippen LogP contribution in [-0.2, 0) is 17.6 Å². The fourth-order valence-corrected chi connectivity index (χ4v) is 2.74. The molecule has 0 fully saturated rings. The normalized spacial score (nSPS) is 14.7. The zero-order chi connectivity index (χ0) is 15.0. The molecule has 1 N–H and O–H groups in total. The molecular weight excluding hydrogens is 296 g/mol. The Morgan fingerprint density at radius 2 is 2.00 bits per heavy atom. The molecule has 21 heavy (non-hydrogen) atoms. The number of hydrogen-bond donors (Lipinski definition) is 1. The van der Waals surface area contributed by atoms with Crippen LogP contribution in [0.5, 0.6) is 0 Å². The molecule has 0 spiro atoms. The van der Waals surface area contributed by atoms with E-state index in [1.165, 1.54) is 12.1 Å². The van der Waals surface area contributed by atoms with Gasteiger partial charge in [-0.3, -0.25) is 4.79 Å². The number of halogens is 3. The molecule has 0 radical (unpaired) electrons. The Bertz CT molecular complexity index is 717. The monoisotopic (exact) mass is 307 g/mol. The van der Waals surface area contributed by atoms with E-state index in [-0.39, 0.29) is 12.3 Å². The molecule has 1 unspecified atom stereocenters. The summed E-state index contributed by atoms with van der Waals surface area (Å²) in [7, 11) is 0. The quantitative estimate of drug-likeness (QED) is 0.854. The van der Waals surface area contributed by atoms with Crippen molar-refractivity contribution in [2.24, 2.45) is 0 Å². The number of nitrogens with one attached hydrogen (secondary N) is 1. The first-order valence-corrected chi connectivity index (χ1v) is 6.97. The van der Waals surface area contributed by atoms with Crippen molar-refractivity contribution in [2.75, 3.05) is 5.32 Å². The van der Waals surface area contributed by atoms with Crippen LogP contribution < -0.4 is 5.32 Å². The Labute approximate surface area is 125 Å². The second kappa shape index (κ2) is 5.45. The fourth-order valence-electron chi connectivity index (χ4n) is 2.44. The van der Waals surface area contributed by atoms with Crippen LogP contribution >= 0.6 is 11.6 Å². The van der Waals surface area contributed by atoms with Crippen LogP contribution in [0.2, 0.25) is 0 Å². The van der Waals surface area contributed by atoms with Gasteiger partial charge in [-0.15, -0.1) is 11.6 Å². The Kier molecular flexibility index (Phi) is 3.64. The van der Waals surface area contributed by atoms with Crippen molar-refractivity contribution in [3.8, 4) is 0 Å². The van der Waals surface area contributed by atoms with Crippen molar-refractivity contribution in [3.05, 3.63) is 64.7 Å². The number of carbonyl (C=O) groups excluding carboxylic acids is 1. The van der Waals surface area contributed by atoms with Crippen molar-refractivity contribution in [1.29, 1.82) is 0 Å². The molecule has 3 rings (SSSR count). The summed E-state index contributed by atoms with van der Waals surface area (Å²) >= 11 is 6.32. The van der Waals surface area contributed by atoms with Gasteiger partial charge in [0.05, 0.1) is 11.8 Å². The van der Waals surface area contributed by atoms with Crippen molar-refractivity contribution in [3.63, 3.8) is 0 Å². The highest BCUT2D eigenvalue weighted by atomic mass is 35.5. The van der Waals surface area contributed by atoms with Crippen LogP contribution in [0.1, 0.15) is 22.1 Å². The molecule has 1 aliphatic heterocycles. The van der Waals surface area contributed by atoms with E-state index in [0.29, 0.717) is 12.0 Å². The van der Waals surface area contributed by atoms with Gasteiger partial charge >= 0.3 is 0 Å². The lowest BCUT2D eigenvalue weighted by atomic mass is 10.0. The first-order valence-electron chi connectivity index (χ1n) is 6.53. The van der Waals surface area contributed by atoms with Crippen molar-refractivity contribution in [2.45, 2.75) is 18.2 Å². The molecule has 0 saturated heterocycles. The highest BCUT2D eigenvalue weighted by Crippen LogP contribution is 2.31. The predicted octanol–water partition coefficient (Wildman–Crippen LogP) is 3.98. The highest BCUT2D eigenvalue weighted by molar-refractivity contribution is 6.21. The summed E-state index contributed by atoms with van der Waals surface area (Å²) in [6, 6.07) is 8.93. The summed E-state index contributed by atoms with van der Waals surface area (Å²) in [5.41, 5.74) is 2.87. The van der Waals surface area contributed by atoms with E-state index in [1.54, 1.807) is 6.07 Å². The average molecular weight is 308 g/mol. The van der Waals surface area contributed by atoms with Crippen LogP contribution in [0.4, 0.5) is 14.5 Å². The summed E-state index contributed by atoms with van der Waals surface area (Å²) in [4.78, 5) is 11.3. The maximum absolute atomic E-state index is 13.6. The largest absolute Gasteiger partial charge is 0.326 e. The second-order valence-corrected chi connectivity index (χ2v) is 5.58.